The van der Waals surface area contributed by atoms with E-state index < -0.39 is 0 Å². The van der Waals surface area contributed by atoms with Crippen molar-refractivity contribution < 1.29 is 9.40 Å². The molecule has 3 heteroatoms. The van der Waals surface area contributed by atoms with Crippen LogP contribution in [0, 0.1) is 0 Å². The van der Waals surface area contributed by atoms with E-state index in [-0.39, 0.29) is 5.76 Å². The average Bonchev–Trinajstić information content (AvgIpc) is 2.04. The number of benzene rings is 1. The van der Waals surface area contributed by atoms with Crippen LogP contribution in [-0.2, 0) is 0 Å². The van der Waals surface area contributed by atoms with Gasteiger partial charge >= 0.3 is 0 Å². The van der Waals surface area contributed by atoms with Crippen LogP contribution in [0.1, 0.15) is 5.56 Å². The second-order valence-corrected chi connectivity index (χ2v) is 2.17. The van der Waals surface area contributed by atoms with E-state index in [1.54, 1.807) is 24.3 Å². The van der Waals surface area contributed by atoms with Crippen LogP contribution in [0.4, 0.5) is 0 Å². The van der Waals surface area contributed by atoms with Gasteiger partial charge in [-0.1, -0.05) is 18.7 Å². The molecule has 0 atom stereocenters. The maximum Gasteiger partial charge on any atom is 0.157 e. The summed E-state index contributed by atoms with van der Waals surface area (Å²) in [6.07, 6.45) is 0. The predicted octanol–water partition coefficient (Wildman–Crippen LogP) is 2.75. The first-order valence-electron chi connectivity index (χ1n) is 3.01. The second kappa shape index (κ2) is 3.30. The molecular weight excluding hydrogens is 164 g/mol. The van der Waals surface area contributed by atoms with Crippen molar-refractivity contribution in [1.82, 2.24) is 0 Å². The molecule has 0 aliphatic heterocycles. The minimum Gasteiger partial charge on any atom is -0.508 e. The number of para-hydroxylation sites is 1. The molecule has 0 saturated heterocycles. The maximum absolute atomic E-state index is 9.00. The highest BCUT2D eigenvalue weighted by Crippen LogP contribution is 2.23. The lowest BCUT2D eigenvalue weighted by Gasteiger charge is -2.02. The predicted molar refractivity (Wildman–Crippen MR) is 44.6 cm³/mol. The molecule has 0 amide bonds. The highest BCUT2D eigenvalue weighted by molar-refractivity contribution is 6.09. The summed E-state index contributed by atoms with van der Waals surface area (Å²) in [5, 5.41) is 9.00. The quantitative estimate of drug-likeness (QED) is 0.692. The Labute approximate surface area is 69.9 Å². The van der Waals surface area contributed by atoms with Crippen LogP contribution in [0.5, 0.6) is 5.75 Å². The molecule has 0 saturated carbocycles. The lowest BCUT2D eigenvalue weighted by atomic mass is 10.2. The summed E-state index contributed by atoms with van der Waals surface area (Å²) in [6, 6.07) is 6.82. The van der Waals surface area contributed by atoms with Gasteiger partial charge in [-0.2, -0.15) is 0 Å². The molecule has 0 spiro atoms. The summed E-state index contributed by atoms with van der Waals surface area (Å²) >= 11 is 5.12. The largest absolute Gasteiger partial charge is 0.508 e. The van der Waals surface area contributed by atoms with Gasteiger partial charge in [-0.15, -0.1) is 0 Å². The summed E-state index contributed by atoms with van der Waals surface area (Å²) in [5.41, 5.74) is 0.502. The Kier molecular flexibility index (Phi) is 2.39. The van der Waals surface area contributed by atoms with Gasteiger partial charge in [0, 0.05) is 0 Å². The van der Waals surface area contributed by atoms with Crippen molar-refractivity contribution in [2.45, 2.75) is 0 Å². The minimum absolute atomic E-state index is 0.0544. The van der Waals surface area contributed by atoms with E-state index in [9.17, 15) is 0 Å². The zero-order valence-corrected chi connectivity index (χ0v) is 6.51. The lowest BCUT2D eigenvalue weighted by molar-refractivity contribution is 0.507. The lowest BCUT2D eigenvalue weighted by Crippen LogP contribution is -1.84. The molecule has 58 valence electrons. The normalized spacial score (nSPS) is 9.18. The van der Waals surface area contributed by atoms with E-state index >= 15 is 0 Å². The van der Waals surface area contributed by atoms with Crippen molar-refractivity contribution >= 4 is 17.6 Å². The molecule has 1 aromatic rings. The molecule has 2 nitrogen and oxygen atoms in total. The first-order valence-corrected chi connectivity index (χ1v) is 3.32. The molecule has 0 heterocycles. The van der Waals surface area contributed by atoms with Gasteiger partial charge in [-0.25, -0.2) is 0 Å². The third-order valence-electron chi connectivity index (χ3n) is 1.28. The fourth-order valence-electron chi connectivity index (χ4n) is 0.772. The molecule has 1 rings (SSSR count). The average molecular weight is 171 g/mol. The molecule has 0 aromatic heterocycles. The van der Waals surface area contributed by atoms with E-state index in [0.717, 1.165) is 0 Å². The van der Waals surface area contributed by atoms with Crippen molar-refractivity contribution in [1.29, 1.82) is 0 Å². The van der Waals surface area contributed by atoms with Crippen LogP contribution in [0.15, 0.2) is 30.8 Å². The summed E-state index contributed by atoms with van der Waals surface area (Å²) in [5.74, 6) is 0.350. The molecule has 0 radical (unpaired) electrons. The van der Waals surface area contributed by atoms with Crippen molar-refractivity contribution in [3.8, 4) is 5.75 Å². The van der Waals surface area contributed by atoms with Crippen molar-refractivity contribution in [3.05, 3.63) is 36.4 Å². The van der Waals surface area contributed by atoms with Crippen LogP contribution < -0.4 is 4.29 Å². The monoisotopic (exact) mass is 170 g/mol. The van der Waals surface area contributed by atoms with Crippen LogP contribution >= 0.6 is 11.9 Å². The maximum atomic E-state index is 9.00. The fraction of sp³-hybridized carbons (Fsp3) is 0. The number of halogens is 1. The summed E-state index contributed by atoms with van der Waals surface area (Å²) < 4.78 is 4.46. The standard InChI is InChI=1S/C8H7ClO2/c1-6(10)7-4-2-3-5-8(7)11-9/h2-5,10H,1H2. The van der Waals surface area contributed by atoms with E-state index in [0.29, 0.717) is 11.3 Å². The van der Waals surface area contributed by atoms with Crippen molar-refractivity contribution in [3.63, 3.8) is 0 Å². The fourth-order valence-corrected chi connectivity index (χ4v) is 0.907. The Hall–Kier alpha value is -1.15. The Morgan fingerprint density at radius 3 is 2.55 bits per heavy atom. The summed E-state index contributed by atoms with van der Waals surface area (Å²) in [7, 11) is 0. The van der Waals surface area contributed by atoms with Gasteiger partial charge in [0.05, 0.1) is 5.56 Å². The molecule has 0 bridgehead atoms. The molecule has 11 heavy (non-hydrogen) atoms. The number of aliphatic hydroxyl groups is 1. The van der Waals surface area contributed by atoms with Crippen LogP contribution in [-0.4, -0.2) is 5.11 Å². The van der Waals surface area contributed by atoms with Crippen LogP contribution in [0.25, 0.3) is 5.76 Å². The van der Waals surface area contributed by atoms with Gasteiger partial charge in [0.15, 0.2) is 5.75 Å². The van der Waals surface area contributed by atoms with E-state index in [1.165, 1.54) is 0 Å². The van der Waals surface area contributed by atoms with E-state index in [2.05, 4.69) is 10.9 Å². The van der Waals surface area contributed by atoms with Gasteiger partial charge in [0.2, 0.25) is 0 Å². The molecule has 0 unspecified atom stereocenters. The van der Waals surface area contributed by atoms with Gasteiger partial charge in [-0.3, -0.25) is 0 Å². The molecule has 0 fully saturated rings. The Morgan fingerprint density at radius 2 is 2.09 bits per heavy atom. The van der Waals surface area contributed by atoms with Gasteiger partial charge in [0.25, 0.3) is 0 Å². The smallest absolute Gasteiger partial charge is 0.157 e. The second-order valence-electron chi connectivity index (χ2n) is 2.02. The van der Waals surface area contributed by atoms with E-state index in [4.69, 9.17) is 17.0 Å². The third kappa shape index (κ3) is 1.65. The molecule has 0 aliphatic carbocycles. The molecule has 1 N–H and O–H groups in total. The minimum atomic E-state index is -0.0544. The van der Waals surface area contributed by atoms with Crippen LogP contribution in [0.2, 0.25) is 0 Å². The number of aliphatic hydroxyl groups excluding tert-OH is 1. The first-order chi connectivity index (χ1) is 5.25. The summed E-state index contributed by atoms with van der Waals surface area (Å²) in [4.78, 5) is 0. The molecule has 0 aliphatic rings. The van der Waals surface area contributed by atoms with Crippen molar-refractivity contribution in [2.75, 3.05) is 0 Å². The van der Waals surface area contributed by atoms with Gasteiger partial charge < -0.3 is 9.40 Å². The number of rotatable bonds is 2. The topological polar surface area (TPSA) is 29.5 Å². The zero-order valence-electron chi connectivity index (χ0n) is 5.75. The Balaban J connectivity index is 3.12. The van der Waals surface area contributed by atoms with E-state index in [1.807, 2.05) is 0 Å². The Bertz CT molecular complexity index is 271. The van der Waals surface area contributed by atoms with Crippen LogP contribution in [0.3, 0.4) is 0 Å². The SMILES string of the molecule is C=C(O)c1ccccc1OCl. The first kappa shape index (κ1) is 7.95. The van der Waals surface area contributed by atoms with Crippen molar-refractivity contribution in [2.24, 2.45) is 0 Å². The molecule has 1 aromatic carbocycles. The summed E-state index contributed by atoms with van der Waals surface area (Å²) in [6.45, 7) is 3.35. The third-order valence-corrected chi connectivity index (χ3v) is 1.45. The van der Waals surface area contributed by atoms with Gasteiger partial charge in [0.1, 0.15) is 17.6 Å². The molecular formula is C8H7ClO2. The highest BCUT2D eigenvalue weighted by atomic mass is 35.5. The zero-order chi connectivity index (χ0) is 8.27. The Morgan fingerprint density at radius 1 is 1.45 bits per heavy atom. The van der Waals surface area contributed by atoms with Gasteiger partial charge in [-0.05, 0) is 12.1 Å². The highest BCUT2D eigenvalue weighted by Gasteiger charge is 2.03. The number of hydrogen-bond acceptors (Lipinski definition) is 2. The number of hydrogen-bond donors (Lipinski definition) is 1.